The molecular weight excluding hydrogens is 292 g/mol. The SMILES string of the molecule is O=C(Nc1ccc(-n2nccn2)cc1)C1CSCCS1. The fraction of sp³-hybridized carbons (Fsp3) is 0.308. The first kappa shape index (κ1) is 13.5. The van der Waals surface area contributed by atoms with Gasteiger partial charge in [-0.05, 0) is 24.3 Å². The molecule has 1 amide bonds. The first-order valence-electron chi connectivity index (χ1n) is 6.30. The third-order valence-electron chi connectivity index (χ3n) is 2.89. The number of rotatable bonds is 3. The minimum absolute atomic E-state index is 0.0567. The van der Waals surface area contributed by atoms with Gasteiger partial charge in [0.15, 0.2) is 0 Å². The van der Waals surface area contributed by atoms with E-state index in [1.54, 1.807) is 29.0 Å². The zero-order chi connectivity index (χ0) is 13.8. The fourth-order valence-electron chi connectivity index (χ4n) is 1.89. The highest BCUT2D eigenvalue weighted by molar-refractivity contribution is 8.07. The van der Waals surface area contributed by atoms with E-state index in [-0.39, 0.29) is 11.2 Å². The van der Waals surface area contributed by atoms with Crippen LogP contribution in [0.5, 0.6) is 0 Å². The highest BCUT2D eigenvalue weighted by Crippen LogP contribution is 2.25. The van der Waals surface area contributed by atoms with Gasteiger partial charge in [0, 0.05) is 22.9 Å². The van der Waals surface area contributed by atoms with Gasteiger partial charge in [0.05, 0.1) is 23.3 Å². The molecule has 1 aromatic heterocycles. The Morgan fingerprint density at radius 2 is 1.95 bits per heavy atom. The molecule has 0 saturated carbocycles. The Morgan fingerprint density at radius 3 is 2.60 bits per heavy atom. The Morgan fingerprint density at radius 1 is 1.20 bits per heavy atom. The number of nitrogens with zero attached hydrogens (tertiary/aromatic N) is 3. The van der Waals surface area contributed by atoms with Gasteiger partial charge in [-0.15, -0.1) is 11.8 Å². The summed E-state index contributed by atoms with van der Waals surface area (Å²) in [6, 6.07) is 7.52. The molecule has 1 unspecified atom stereocenters. The largest absolute Gasteiger partial charge is 0.325 e. The zero-order valence-corrected chi connectivity index (χ0v) is 12.4. The molecule has 1 aromatic carbocycles. The van der Waals surface area contributed by atoms with Crippen molar-refractivity contribution in [3.05, 3.63) is 36.7 Å². The number of benzene rings is 1. The predicted molar refractivity (Wildman–Crippen MR) is 83.6 cm³/mol. The lowest BCUT2D eigenvalue weighted by Crippen LogP contribution is -2.30. The van der Waals surface area contributed by atoms with E-state index < -0.39 is 0 Å². The maximum absolute atomic E-state index is 12.1. The first-order chi connectivity index (χ1) is 9.83. The molecule has 2 heterocycles. The van der Waals surface area contributed by atoms with Crippen LogP contribution in [-0.2, 0) is 4.79 Å². The van der Waals surface area contributed by atoms with E-state index in [1.807, 2.05) is 36.0 Å². The summed E-state index contributed by atoms with van der Waals surface area (Å²) in [5.41, 5.74) is 1.68. The third kappa shape index (κ3) is 3.16. The Bertz CT molecular complexity index is 565. The number of hydrogen-bond donors (Lipinski definition) is 1. The molecule has 1 fully saturated rings. The monoisotopic (exact) mass is 306 g/mol. The van der Waals surface area contributed by atoms with E-state index in [1.165, 1.54) is 0 Å². The van der Waals surface area contributed by atoms with Crippen molar-refractivity contribution in [2.75, 3.05) is 22.6 Å². The maximum Gasteiger partial charge on any atom is 0.238 e. The van der Waals surface area contributed by atoms with Gasteiger partial charge in [0.25, 0.3) is 0 Å². The fourth-order valence-corrected chi connectivity index (χ4v) is 4.45. The van der Waals surface area contributed by atoms with Gasteiger partial charge in [0.2, 0.25) is 5.91 Å². The molecule has 0 aliphatic carbocycles. The van der Waals surface area contributed by atoms with Crippen LogP contribution in [0.15, 0.2) is 36.7 Å². The Balaban J connectivity index is 1.64. The van der Waals surface area contributed by atoms with E-state index in [0.29, 0.717) is 0 Å². The molecule has 1 saturated heterocycles. The number of thioether (sulfide) groups is 2. The lowest BCUT2D eigenvalue weighted by molar-refractivity contribution is -0.115. The van der Waals surface area contributed by atoms with Gasteiger partial charge >= 0.3 is 0 Å². The summed E-state index contributed by atoms with van der Waals surface area (Å²) in [6.07, 6.45) is 3.27. The summed E-state index contributed by atoms with van der Waals surface area (Å²) in [5, 5.41) is 11.1. The van der Waals surface area contributed by atoms with Gasteiger partial charge in [0.1, 0.15) is 0 Å². The quantitative estimate of drug-likeness (QED) is 0.940. The van der Waals surface area contributed by atoms with Gasteiger partial charge in [-0.3, -0.25) is 4.79 Å². The summed E-state index contributed by atoms with van der Waals surface area (Å²) in [6.45, 7) is 0. The molecule has 1 N–H and O–H groups in total. The number of anilines is 1. The Kier molecular flexibility index (Phi) is 4.27. The number of hydrogen-bond acceptors (Lipinski definition) is 5. The normalized spacial score (nSPS) is 18.7. The highest BCUT2D eigenvalue weighted by atomic mass is 32.2. The van der Waals surface area contributed by atoms with Gasteiger partial charge in [-0.2, -0.15) is 26.8 Å². The number of amides is 1. The summed E-state index contributed by atoms with van der Waals surface area (Å²) < 4.78 is 0. The average Bonchev–Trinajstić information content (AvgIpc) is 3.03. The van der Waals surface area contributed by atoms with Crippen molar-refractivity contribution in [2.45, 2.75) is 5.25 Å². The van der Waals surface area contributed by atoms with Crippen LogP contribution in [-0.4, -0.2) is 43.4 Å². The Hall–Kier alpha value is -1.47. The predicted octanol–water partition coefficient (Wildman–Crippen LogP) is 2.05. The minimum atomic E-state index is 0.0567. The lowest BCUT2D eigenvalue weighted by Gasteiger charge is -2.20. The third-order valence-corrected chi connectivity index (χ3v) is 5.65. The molecule has 5 nitrogen and oxygen atoms in total. The van der Waals surface area contributed by atoms with Crippen LogP contribution in [0, 0.1) is 0 Å². The van der Waals surface area contributed by atoms with E-state index in [2.05, 4.69) is 15.5 Å². The lowest BCUT2D eigenvalue weighted by atomic mass is 10.3. The molecule has 7 heteroatoms. The van der Waals surface area contributed by atoms with Crippen molar-refractivity contribution in [3.8, 4) is 5.69 Å². The molecule has 2 aromatic rings. The van der Waals surface area contributed by atoms with Crippen LogP contribution >= 0.6 is 23.5 Å². The molecule has 0 spiro atoms. The van der Waals surface area contributed by atoms with Crippen molar-refractivity contribution in [3.63, 3.8) is 0 Å². The summed E-state index contributed by atoms with van der Waals surface area (Å²) in [7, 11) is 0. The molecule has 0 radical (unpaired) electrons. The molecule has 20 heavy (non-hydrogen) atoms. The van der Waals surface area contributed by atoms with E-state index in [4.69, 9.17) is 0 Å². The zero-order valence-electron chi connectivity index (χ0n) is 10.7. The highest BCUT2D eigenvalue weighted by Gasteiger charge is 2.22. The molecule has 1 atom stereocenters. The van der Waals surface area contributed by atoms with Crippen LogP contribution in [0.1, 0.15) is 0 Å². The van der Waals surface area contributed by atoms with Crippen LogP contribution in [0.25, 0.3) is 5.69 Å². The number of carbonyl (C=O) groups is 1. The number of aromatic nitrogens is 3. The second kappa shape index (κ2) is 6.32. The van der Waals surface area contributed by atoms with Crippen LogP contribution in [0.4, 0.5) is 5.69 Å². The molecule has 3 rings (SSSR count). The molecule has 104 valence electrons. The second-order valence-corrected chi connectivity index (χ2v) is 6.75. The molecule has 0 bridgehead atoms. The second-order valence-electron chi connectivity index (χ2n) is 4.29. The van der Waals surface area contributed by atoms with Gasteiger partial charge in [-0.1, -0.05) is 0 Å². The smallest absolute Gasteiger partial charge is 0.238 e. The van der Waals surface area contributed by atoms with Crippen LogP contribution in [0.2, 0.25) is 0 Å². The van der Waals surface area contributed by atoms with Crippen LogP contribution < -0.4 is 5.32 Å². The summed E-state index contributed by atoms with van der Waals surface area (Å²) >= 11 is 3.58. The van der Waals surface area contributed by atoms with Crippen LogP contribution in [0.3, 0.4) is 0 Å². The Labute approximate surface area is 125 Å². The molecular formula is C13H14N4OS2. The standard InChI is InChI=1S/C13H14N4OS2/c18-13(12-9-19-7-8-20-12)16-10-1-3-11(4-2-10)17-14-5-6-15-17/h1-6,12H,7-9H2,(H,16,18). The number of carbonyl (C=O) groups excluding carboxylic acids is 1. The average molecular weight is 306 g/mol. The number of nitrogens with one attached hydrogen (secondary N) is 1. The molecule has 1 aliphatic rings. The summed E-state index contributed by atoms with van der Waals surface area (Å²) in [5.74, 6) is 3.17. The maximum atomic E-state index is 12.1. The van der Waals surface area contributed by atoms with E-state index in [0.717, 1.165) is 28.6 Å². The van der Waals surface area contributed by atoms with Crippen molar-refractivity contribution < 1.29 is 4.79 Å². The molecule has 1 aliphatic heterocycles. The van der Waals surface area contributed by atoms with Gasteiger partial charge < -0.3 is 5.32 Å². The first-order valence-corrected chi connectivity index (χ1v) is 8.50. The van der Waals surface area contributed by atoms with Gasteiger partial charge in [-0.25, -0.2) is 0 Å². The van der Waals surface area contributed by atoms with Crippen molar-refractivity contribution in [2.24, 2.45) is 0 Å². The topological polar surface area (TPSA) is 59.8 Å². The van der Waals surface area contributed by atoms with Crippen molar-refractivity contribution in [1.29, 1.82) is 0 Å². The van der Waals surface area contributed by atoms with Crippen molar-refractivity contribution >= 4 is 35.1 Å². The minimum Gasteiger partial charge on any atom is -0.325 e. The van der Waals surface area contributed by atoms with E-state index >= 15 is 0 Å². The van der Waals surface area contributed by atoms with E-state index in [9.17, 15) is 4.79 Å². The van der Waals surface area contributed by atoms with Crippen molar-refractivity contribution in [1.82, 2.24) is 15.0 Å². The summed E-state index contributed by atoms with van der Waals surface area (Å²) in [4.78, 5) is 13.6.